The molecule has 0 fully saturated rings. The summed E-state index contributed by atoms with van der Waals surface area (Å²) in [5, 5.41) is 0.671. The van der Waals surface area contributed by atoms with Gasteiger partial charge in [0.15, 0.2) is 5.13 Å². The van der Waals surface area contributed by atoms with Crippen LogP contribution in [0.15, 0.2) is 30.3 Å². The van der Waals surface area contributed by atoms with Crippen LogP contribution in [-0.2, 0) is 6.42 Å². The lowest BCUT2D eigenvalue weighted by Crippen LogP contribution is -1.86. The molecule has 1 aromatic carbocycles. The van der Waals surface area contributed by atoms with Crippen LogP contribution in [0.1, 0.15) is 24.6 Å². The molecule has 2 aromatic rings. The minimum atomic E-state index is 0.671. The van der Waals surface area contributed by atoms with Gasteiger partial charge in [-0.1, -0.05) is 43.7 Å². The molecule has 0 aliphatic rings. The van der Waals surface area contributed by atoms with Crippen LogP contribution in [0.5, 0.6) is 0 Å². The highest BCUT2D eigenvalue weighted by atomic mass is 32.1. The van der Waals surface area contributed by atoms with Gasteiger partial charge >= 0.3 is 0 Å². The summed E-state index contributed by atoms with van der Waals surface area (Å²) in [7, 11) is 0. The van der Waals surface area contributed by atoms with E-state index in [9.17, 15) is 0 Å². The molecule has 0 aliphatic carbocycles. The van der Waals surface area contributed by atoms with Crippen molar-refractivity contribution in [1.29, 1.82) is 0 Å². The van der Waals surface area contributed by atoms with Gasteiger partial charge in [-0.3, -0.25) is 0 Å². The molecular weight excluding hydrogens is 216 g/mol. The largest absolute Gasteiger partial charge is 0.375 e. The summed E-state index contributed by atoms with van der Waals surface area (Å²) >= 11 is 1.62. The number of aryl methyl sites for hydroxylation is 1. The van der Waals surface area contributed by atoms with E-state index in [4.69, 9.17) is 5.73 Å². The normalized spacial score (nSPS) is 10.6. The van der Waals surface area contributed by atoms with Gasteiger partial charge in [0.05, 0.1) is 5.69 Å². The van der Waals surface area contributed by atoms with Gasteiger partial charge in [0.1, 0.15) is 0 Å². The Balaban J connectivity index is 2.33. The molecule has 0 spiro atoms. The van der Waals surface area contributed by atoms with Crippen molar-refractivity contribution >= 4 is 16.5 Å². The zero-order chi connectivity index (χ0) is 11.4. The minimum Gasteiger partial charge on any atom is -0.375 e. The second-order valence-corrected chi connectivity index (χ2v) is 4.91. The van der Waals surface area contributed by atoms with Crippen molar-refractivity contribution in [3.8, 4) is 11.3 Å². The first-order chi connectivity index (χ1) is 7.81. The van der Waals surface area contributed by atoms with Crippen LogP contribution in [0.4, 0.5) is 5.13 Å². The maximum Gasteiger partial charge on any atom is 0.180 e. The topological polar surface area (TPSA) is 38.9 Å². The third kappa shape index (κ3) is 2.42. The number of nitrogens with zero attached hydrogens (tertiary/aromatic N) is 1. The highest BCUT2D eigenvalue weighted by Gasteiger charge is 2.10. The predicted molar refractivity (Wildman–Crippen MR) is 70.6 cm³/mol. The van der Waals surface area contributed by atoms with Crippen molar-refractivity contribution in [2.45, 2.75) is 26.2 Å². The number of rotatable bonds is 4. The Morgan fingerprint density at radius 1 is 1.25 bits per heavy atom. The predicted octanol–water partition coefficient (Wildman–Crippen LogP) is 3.73. The fraction of sp³-hybridized carbons (Fsp3) is 0.308. The molecule has 84 valence electrons. The lowest BCUT2D eigenvalue weighted by molar-refractivity contribution is 0.804. The Morgan fingerprint density at radius 2 is 2.00 bits per heavy atom. The van der Waals surface area contributed by atoms with Crippen molar-refractivity contribution < 1.29 is 0 Å². The minimum absolute atomic E-state index is 0.671. The quantitative estimate of drug-likeness (QED) is 0.872. The number of unbranched alkanes of at least 4 members (excludes halogenated alkanes) is 1. The second-order valence-electron chi connectivity index (χ2n) is 3.79. The molecular formula is C13H16N2S. The van der Waals surface area contributed by atoms with E-state index in [-0.39, 0.29) is 0 Å². The van der Waals surface area contributed by atoms with E-state index < -0.39 is 0 Å². The number of anilines is 1. The zero-order valence-corrected chi connectivity index (χ0v) is 10.3. The average molecular weight is 232 g/mol. The number of benzene rings is 1. The Hall–Kier alpha value is -1.35. The zero-order valence-electron chi connectivity index (χ0n) is 9.44. The van der Waals surface area contributed by atoms with Crippen LogP contribution < -0.4 is 5.73 Å². The molecule has 16 heavy (non-hydrogen) atoms. The molecule has 0 saturated carbocycles. The van der Waals surface area contributed by atoms with Crippen molar-refractivity contribution in [2.24, 2.45) is 0 Å². The summed E-state index contributed by atoms with van der Waals surface area (Å²) in [6, 6.07) is 10.3. The van der Waals surface area contributed by atoms with Gasteiger partial charge < -0.3 is 5.73 Å². The Kier molecular flexibility index (Phi) is 3.57. The monoisotopic (exact) mass is 232 g/mol. The number of hydrogen-bond acceptors (Lipinski definition) is 3. The van der Waals surface area contributed by atoms with Gasteiger partial charge in [-0.05, 0) is 12.8 Å². The van der Waals surface area contributed by atoms with E-state index in [1.807, 2.05) is 18.2 Å². The first-order valence-corrected chi connectivity index (χ1v) is 6.43. The van der Waals surface area contributed by atoms with E-state index in [2.05, 4.69) is 24.0 Å². The van der Waals surface area contributed by atoms with E-state index in [1.54, 1.807) is 11.3 Å². The Morgan fingerprint density at radius 3 is 2.69 bits per heavy atom. The molecule has 1 heterocycles. The first-order valence-electron chi connectivity index (χ1n) is 5.62. The maximum absolute atomic E-state index is 5.80. The van der Waals surface area contributed by atoms with Gasteiger partial charge in [0, 0.05) is 10.4 Å². The van der Waals surface area contributed by atoms with E-state index in [0.29, 0.717) is 5.13 Å². The van der Waals surface area contributed by atoms with Crippen LogP contribution in [0.3, 0.4) is 0 Å². The third-order valence-corrected chi connectivity index (χ3v) is 3.46. The average Bonchev–Trinajstić information content (AvgIpc) is 2.69. The number of nitrogen functional groups attached to an aromatic ring is 1. The van der Waals surface area contributed by atoms with Crippen LogP contribution >= 0.6 is 11.3 Å². The summed E-state index contributed by atoms with van der Waals surface area (Å²) in [4.78, 5) is 5.74. The summed E-state index contributed by atoms with van der Waals surface area (Å²) in [5.74, 6) is 0. The third-order valence-electron chi connectivity index (χ3n) is 2.52. The van der Waals surface area contributed by atoms with Crippen molar-refractivity contribution in [1.82, 2.24) is 4.98 Å². The van der Waals surface area contributed by atoms with Crippen molar-refractivity contribution in [2.75, 3.05) is 5.73 Å². The number of thiazole rings is 1. The van der Waals surface area contributed by atoms with Gasteiger partial charge in [0.2, 0.25) is 0 Å². The van der Waals surface area contributed by atoms with Gasteiger partial charge in [-0.2, -0.15) is 0 Å². The molecule has 0 unspecified atom stereocenters. The van der Waals surface area contributed by atoms with E-state index >= 15 is 0 Å². The van der Waals surface area contributed by atoms with Crippen LogP contribution in [0.25, 0.3) is 11.3 Å². The molecule has 1 aromatic heterocycles. The molecule has 0 aliphatic heterocycles. The lowest BCUT2D eigenvalue weighted by Gasteiger charge is -2.00. The van der Waals surface area contributed by atoms with Gasteiger partial charge in [-0.15, -0.1) is 11.3 Å². The van der Waals surface area contributed by atoms with Crippen LogP contribution in [-0.4, -0.2) is 4.98 Å². The lowest BCUT2D eigenvalue weighted by atomic mass is 10.1. The molecule has 3 heteroatoms. The van der Waals surface area contributed by atoms with Crippen LogP contribution in [0.2, 0.25) is 0 Å². The molecule has 0 bridgehead atoms. The second kappa shape index (κ2) is 5.12. The fourth-order valence-corrected chi connectivity index (χ4v) is 2.59. The van der Waals surface area contributed by atoms with Gasteiger partial charge in [-0.25, -0.2) is 4.98 Å². The molecule has 2 N–H and O–H groups in total. The van der Waals surface area contributed by atoms with E-state index in [0.717, 1.165) is 12.1 Å². The summed E-state index contributed by atoms with van der Waals surface area (Å²) in [5.41, 5.74) is 8.03. The summed E-state index contributed by atoms with van der Waals surface area (Å²) < 4.78 is 0. The van der Waals surface area contributed by atoms with E-state index in [1.165, 1.54) is 23.3 Å². The highest BCUT2D eigenvalue weighted by molar-refractivity contribution is 7.15. The first kappa shape index (κ1) is 11.1. The van der Waals surface area contributed by atoms with Gasteiger partial charge in [0.25, 0.3) is 0 Å². The highest BCUT2D eigenvalue weighted by Crippen LogP contribution is 2.30. The molecule has 0 atom stereocenters. The SMILES string of the molecule is CCCCc1sc(N)nc1-c1ccccc1. The Bertz CT molecular complexity index is 448. The Labute approximate surface area is 100 Å². The summed E-state index contributed by atoms with van der Waals surface area (Å²) in [6.45, 7) is 2.20. The summed E-state index contributed by atoms with van der Waals surface area (Å²) in [6.07, 6.45) is 3.48. The van der Waals surface area contributed by atoms with Crippen molar-refractivity contribution in [3.63, 3.8) is 0 Å². The molecule has 0 amide bonds. The molecule has 2 rings (SSSR count). The number of hydrogen-bond donors (Lipinski definition) is 1. The van der Waals surface area contributed by atoms with Crippen LogP contribution in [0, 0.1) is 0 Å². The van der Waals surface area contributed by atoms with Crippen molar-refractivity contribution in [3.05, 3.63) is 35.2 Å². The standard InChI is InChI=1S/C13H16N2S/c1-2-3-9-11-12(15-13(14)16-11)10-7-5-4-6-8-10/h4-8H,2-3,9H2,1H3,(H2,14,15). The molecule has 0 saturated heterocycles. The molecule has 0 radical (unpaired) electrons. The molecule has 2 nitrogen and oxygen atoms in total. The number of aromatic nitrogens is 1. The smallest absolute Gasteiger partial charge is 0.180 e. The maximum atomic E-state index is 5.80. The fourth-order valence-electron chi connectivity index (χ4n) is 1.70. The number of nitrogens with two attached hydrogens (primary N) is 1.